The third kappa shape index (κ3) is 4.55. The number of non-ortho nitro benzene ring substituents is 1. The summed E-state index contributed by atoms with van der Waals surface area (Å²) >= 11 is 0. The van der Waals surface area contributed by atoms with Gasteiger partial charge in [0, 0.05) is 43.2 Å². The third-order valence-corrected chi connectivity index (χ3v) is 2.94. The van der Waals surface area contributed by atoms with Crippen molar-refractivity contribution in [1.82, 2.24) is 14.9 Å². The highest BCUT2D eigenvalue weighted by Gasteiger charge is 2.06. The van der Waals surface area contributed by atoms with Gasteiger partial charge >= 0.3 is 0 Å². The Hall–Kier alpha value is -2.96. The lowest BCUT2D eigenvalue weighted by Gasteiger charge is -2.12. The Morgan fingerprint density at radius 1 is 1.55 bits per heavy atom. The number of nitrogens with one attached hydrogen (secondary N) is 1. The molecule has 22 heavy (non-hydrogen) atoms. The number of nitro benzene ring substituents is 1. The van der Waals surface area contributed by atoms with E-state index in [1.54, 1.807) is 30.7 Å². The van der Waals surface area contributed by atoms with E-state index in [2.05, 4.69) is 10.3 Å². The van der Waals surface area contributed by atoms with Gasteiger partial charge in [-0.25, -0.2) is 4.98 Å². The van der Waals surface area contributed by atoms with Crippen molar-refractivity contribution in [3.8, 4) is 0 Å². The van der Waals surface area contributed by atoms with Crippen LogP contribution in [0.4, 0.5) is 5.69 Å². The van der Waals surface area contributed by atoms with E-state index in [1.807, 2.05) is 17.7 Å². The number of nitro groups is 1. The lowest BCUT2D eigenvalue weighted by molar-refractivity contribution is -0.384. The molecule has 1 N–H and O–H groups in total. The lowest BCUT2D eigenvalue weighted by Crippen LogP contribution is -2.34. The number of aromatic nitrogens is 2. The van der Waals surface area contributed by atoms with Crippen molar-refractivity contribution in [1.29, 1.82) is 0 Å². The largest absolute Gasteiger partial charge is 0.348 e. The average molecular weight is 300 g/mol. The van der Waals surface area contributed by atoms with Crippen LogP contribution >= 0.6 is 0 Å². The number of rotatable bonds is 6. The second kappa shape index (κ2) is 7.16. The number of amides is 1. The van der Waals surface area contributed by atoms with Gasteiger partial charge in [0.1, 0.15) is 0 Å². The second-order valence-corrected chi connectivity index (χ2v) is 4.85. The summed E-state index contributed by atoms with van der Waals surface area (Å²) in [6.45, 7) is 2.51. The quantitative estimate of drug-likeness (QED) is 0.502. The average Bonchev–Trinajstić information content (AvgIpc) is 2.98. The zero-order valence-electron chi connectivity index (χ0n) is 12.0. The molecule has 0 aliphatic heterocycles. The highest BCUT2D eigenvalue weighted by atomic mass is 16.6. The molecule has 0 fully saturated rings. The Bertz CT molecular complexity index is 680. The SMILES string of the molecule is CC(Cn1ccnc1)NC(=O)/C=C/c1cccc([N+](=O)[O-])c1. The van der Waals surface area contributed by atoms with Crippen LogP contribution in [0.3, 0.4) is 0 Å². The minimum Gasteiger partial charge on any atom is -0.348 e. The number of hydrogen-bond donors (Lipinski definition) is 1. The Morgan fingerprint density at radius 3 is 3.05 bits per heavy atom. The molecule has 0 saturated heterocycles. The summed E-state index contributed by atoms with van der Waals surface area (Å²) in [5.74, 6) is -0.251. The second-order valence-electron chi connectivity index (χ2n) is 4.85. The van der Waals surface area contributed by atoms with Crippen LogP contribution < -0.4 is 5.32 Å². The summed E-state index contributed by atoms with van der Waals surface area (Å²) in [5, 5.41) is 13.5. The number of carbonyl (C=O) groups excluding carboxylic acids is 1. The van der Waals surface area contributed by atoms with Crippen LogP contribution in [-0.4, -0.2) is 26.4 Å². The molecule has 1 atom stereocenters. The Morgan fingerprint density at radius 2 is 2.36 bits per heavy atom. The fourth-order valence-corrected chi connectivity index (χ4v) is 1.96. The first-order valence-electron chi connectivity index (χ1n) is 6.73. The van der Waals surface area contributed by atoms with Crippen LogP contribution in [0, 0.1) is 10.1 Å². The number of benzene rings is 1. The van der Waals surface area contributed by atoms with Gasteiger partial charge in [-0.15, -0.1) is 0 Å². The van der Waals surface area contributed by atoms with Gasteiger partial charge in [-0.1, -0.05) is 12.1 Å². The monoisotopic (exact) mass is 300 g/mol. The predicted molar refractivity (Wildman–Crippen MR) is 82.0 cm³/mol. The van der Waals surface area contributed by atoms with Gasteiger partial charge in [0.25, 0.3) is 5.69 Å². The molecule has 1 aromatic carbocycles. The van der Waals surface area contributed by atoms with Crippen LogP contribution in [0.2, 0.25) is 0 Å². The van der Waals surface area contributed by atoms with E-state index < -0.39 is 4.92 Å². The van der Waals surface area contributed by atoms with Gasteiger partial charge in [0.05, 0.1) is 11.3 Å². The molecule has 0 aliphatic carbocycles. The molecule has 0 aliphatic rings. The predicted octanol–water partition coefficient (Wildman–Crippen LogP) is 2.01. The van der Waals surface area contributed by atoms with Gasteiger partial charge in [-0.05, 0) is 18.6 Å². The first kappa shape index (κ1) is 15.4. The van der Waals surface area contributed by atoms with Crippen molar-refractivity contribution >= 4 is 17.7 Å². The molecule has 1 heterocycles. The molecule has 1 unspecified atom stereocenters. The fraction of sp³-hybridized carbons (Fsp3) is 0.200. The molecular weight excluding hydrogens is 284 g/mol. The number of imidazole rings is 1. The van der Waals surface area contributed by atoms with E-state index in [4.69, 9.17) is 0 Å². The van der Waals surface area contributed by atoms with E-state index in [-0.39, 0.29) is 17.6 Å². The topological polar surface area (TPSA) is 90.1 Å². The zero-order valence-corrected chi connectivity index (χ0v) is 12.0. The Kier molecular flexibility index (Phi) is 5.02. The first-order valence-corrected chi connectivity index (χ1v) is 6.73. The van der Waals surface area contributed by atoms with Crippen LogP contribution in [0.25, 0.3) is 6.08 Å². The first-order chi connectivity index (χ1) is 10.5. The van der Waals surface area contributed by atoms with Crippen LogP contribution in [0.15, 0.2) is 49.1 Å². The van der Waals surface area contributed by atoms with Crippen molar-refractivity contribution in [2.75, 3.05) is 0 Å². The maximum absolute atomic E-state index is 11.8. The Balaban J connectivity index is 1.90. The molecule has 0 bridgehead atoms. The maximum Gasteiger partial charge on any atom is 0.270 e. The molecule has 114 valence electrons. The smallest absolute Gasteiger partial charge is 0.270 e. The third-order valence-electron chi connectivity index (χ3n) is 2.94. The highest BCUT2D eigenvalue weighted by Crippen LogP contribution is 2.13. The van der Waals surface area contributed by atoms with Gasteiger partial charge in [-0.2, -0.15) is 0 Å². The summed E-state index contributed by atoms with van der Waals surface area (Å²) in [5.41, 5.74) is 0.600. The van der Waals surface area contributed by atoms with E-state index >= 15 is 0 Å². The standard InChI is InChI=1S/C15H16N4O3/c1-12(10-18-8-7-16-11-18)17-15(20)6-5-13-3-2-4-14(9-13)19(21)22/h2-9,11-12H,10H2,1H3,(H,17,20)/b6-5+. The van der Waals surface area contributed by atoms with Crippen LogP contribution in [-0.2, 0) is 11.3 Å². The van der Waals surface area contributed by atoms with Crippen molar-refractivity contribution < 1.29 is 9.72 Å². The number of hydrogen-bond acceptors (Lipinski definition) is 4. The summed E-state index contributed by atoms with van der Waals surface area (Å²) in [7, 11) is 0. The minimum atomic E-state index is -0.468. The summed E-state index contributed by atoms with van der Waals surface area (Å²) in [4.78, 5) is 26.0. The normalized spacial score (nSPS) is 12.2. The molecule has 0 radical (unpaired) electrons. The van der Waals surface area contributed by atoms with Crippen LogP contribution in [0.5, 0.6) is 0 Å². The van der Waals surface area contributed by atoms with Gasteiger partial charge in [-0.3, -0.25) is 14.9 Å². The van der Waals surface area contributed by atoms with Crippen molar-refractivity contribution in [3.63, 3.8) is 0 Å². The molecule has 2 rings (SSSR count). The fourth-order valence-electron chi connectivity index (χ4n) is 1.96. The van der Waals surface area contributed by atoms with Crippen molar-refractivity contribution in [2.45, 2.75) is 19.5 Å². The number of carbonyl (C=O) groups is 1. The molecule has 0 saturated carbocycles. The van der Waals surface area contributed by atoms with Crippen molar-refractivity contribution in [3.05, 3.63) is 64.7 Å². The van der Waals surface area contributed by atoms with E-state index in [9.17, 15) is 14.9 Å². The lowest BCUT2D eigenvalue weighted by atomic mass is 10.2. The van der Waals surface area contributed by atoms with E-state index in [1.165, 1.54) is 18.2 Å². The van der Waals surface area contributed by atoms with E-state index in [0.29, 0.717) is 12.1 Å². The molecular formula is C15H16N4O3. The summed E-state index contributed by atoms with van der Waals surface area (Å²) < 4.78 is 1.87. The number of nitrogens with zero attached hydrogens (tertiary/aromatic N) is 3. The molecule has 7 heteroatoms. The summed E-state index contributed by atoms with van der Waals surface area (Å²) in [6.07, 6.45) is 8.09. The van der Waals surface area contributed by atoms with Gasteiger partial charge in [0.2, 0.25) is 5.91 Å². The van der Waals surface area contributed by atoms with Crippen molar-refractivity contribution in [2.24, 2.45) is 0 Å². The summed E-state index contributed by atoms with van der Waals surface area (Å²) in [6, 6.07) is 6.04. The van der Waals surface area contributed by atoms with Gasteiger partial charge in [0.15, 0.2) is 0 Å². The molecule has 1 aromatic heterocycles. The molecule has 0 spiro atoms. The van der Waals surface area contributed by atoms with Crippen LogP contribution in [0.1, 0.15) is 12.5 Å². The van der Waals surface area contributed by atoms with E-state index in [0.717, 1.165) is 0 Å². The zero-order chi connectivity index (χ0) is 15.9. The molecule has 1 amide bonds. The molecule has 7 nitrogen and oxygen atoms in total. The van der Waals surface area contributed by atoms with Gasteiger partial charge < -0.3 is 9.88 Å². The minimum absolute atomic E-state index is 0.00367. The molecule has 2 aromatic rings. The Labute approximate surface area is 127 Å². The maximum atomic E-state index is 11.8. The highest BCUT2D eigenvalue weighted by molar-refractivity contribution is 5.91.